The zero-order valence-corrected chi connectivity index (χ0v) is 15.8. The number of benzene rings is 3. The first kappa shape index (κ1) is 18.7. The first-order valence-corrected chi connectivity index (χ1v) is 9.21. The third-order valence-corrected chi connectivity index (χ3v) is 4.93. The maximum atomic E-state index is 13.1. The van der Waals surface area contributed by atoms with E-state index in [-0.39, 0.29) is 11.8 Å². The Morgan fingerprint density at radius 3 is 2.34 bits per heavy atom. The Hall–Kier alpha value is -3.67. The molecule has 146 valence electrons. The van der Waals surface area contributed by atoms with E-state index in [2.05, 4.69) is 5.32 Å². The van der Waals surface area contributed by atoms with Gasteiger partial charge in [0.1, 0.15) is 11.6 Å². The number of hydrogen-bond acceptors (Lipinski definition) is 3. The Morgan fingerprint density at radius 2 is 1.66 bits per heavy atom. The average Bonchev–Trinajstić information content (AvgIpc) is 3.17. The topological polar surface area (TPSA) is 58.6 Å². The van der Waals surface area contributed by atoms with Gasteiger partial charge >= 0.3 is 0 Å². The number of rotatable bonds is 4. The molecular weight excluding hydrogens is 371 g/mol. The fraction of sp³-hybridized carbons (Fsp3) is 0.130. The number of halogens is 1. The maximum Gasteiger partial charge on any atom is 0.258 e. The van der Waals surface area contributed by atoms with E-state index in [9.17, 15) is 14.0 Å². The van der Waals surface area contributed by atoms with Crippen molar-refractivity contribution in [3.05, 3.63) is 89.2 Å². The van der Waals surface area contributed by atoms with Gasteiger partial charge in [0.05, 0.1) is 7.11 Å². The zero-order chi connectivity index (χ0) is 20.4. The first-order chi connectivity index (χ1) is 14.0. The Labute approximate surface area is 167 Å². The van der Waals surface area contributed by atoms with E-state index in [1.807, 2.05) is 12.1 Å². The molecular formula is C23H19FN2O3. The summed E-state index contributed by atoms with van der Waals surface area (Å²) in [5.74, 6) is -0.148. The predicted octanol–water partition coefficient (Wildman–Crippen LogP) is 4.29. The summed E-state index contributed by atoms with van der Waals surface area (Å²) in [6, 6.07) is 17.8. The number of anilines is 2. The van der Waals surface area contributed by atoms with Crippen LogP contribution in [0.1, 0.15) is 26.3 Å². The molecule has 0 bridgehead atoms. The second-order valence-corrected chi connectivity index (χ2v) is 6.74. The number of amides is 2. The van der Waals surface area contributed by atoms with Crippen molar-refractivity contribution in [2.75, 3.05) is 23.9 Å². The summed E-state index contributed by atoms with van der Waals surface area (Å²) in [6.07, 6.45) is 0.753. The highest BCUT2D eigenvalue weighted by atomic mass is 19.1. The number of nitrogens with zero attached hydrogens (tertiary/aromatic N) is 1. The van der Waals surface area contributed by atoms with Crippen LogP contribution in [0.2, 0.25) is 0 Å². The normalized spacial score (nSPS) is 12.4. The van der Waals surface area contributed by atoms with Crippen molar-refractivity contribution in [3.63, 3.8) is 0 Å². The van der Waals surface area contributed by atoms with Crippen molar-refractivity contribution >= 4 is 23.2 Å². The number of nitrogens with one attached hydrogen (secondary N) is 1. The lowest BCUT2D eigenvalue weighted by atomic mass is 10.1. The molecule has 0 saturated carbocycles. The molecule has 3 aromatic carbocycles. The lowest BCUT2D eigenvalue weighted by Gasteiger charge is -2.18. The largest absolute Gasteiger partial charge is 0.497 e. The van der Waals surface area contributed by atoms with Gasteiger partial charge in [-0.3, -0.25) is 9.59 Å². The van der Waals surface area contributed by atoms with E-state index in [1.165, 1.54) is 24.3 Å². The van der Waals surface area contributed by atoms with Gasteiger partial charge in [-0.25, -0.2) is 4.39 Å². The van der Waals surface area contributed by atoms with Crippen molar-refractivity contribution < 1.29 is 18.7 Å². The minimum atomic E-state index is -0.397. The van der Waals surface area contributed by atoms with Crippen molar-refractivity contribution in [3.8, 4) is 5.75 Å². The van der Waals surface area contributed by atoms with Gasteiger partial charge < -0.3 is 15.0 Å². The maximum absolute atomic E-state index is 13.1. The highest BCUT2D eigenvalue weighted by Crippen LogP contribution is 2.32. The van der Waals surface area contributed by atoms with E-state index in [1.54, 1.807) is 42.3 Å². The highest BCUT2D eigenvalue weighted by molar-refractivity contribution is 6.08. The molecule has 4 rings (SSSR count). The number of fused-ring (bicyclic) bond motifs is 1. The summed E-state index contributed by atoms with van der Waals surface area (Å²) in [5.41, 5.74) is 3.33. The lowest BCUT2D eigenvalue weighted by molar-refractivity contribution is 0.0988. The lowest BCUT2D eigenvalue weighted by Crippen LogP contribution is -2.28. The number of methoxy groups -OCH3 is 1. The number of carbonyl (C=O) groups is 2. The van der Waals surface area contributed by atoms with Crippen molar-refractivity contribution in [1.82, 2.24) is 0 Å². The van der Waals surface area contributed by atoms with Gasteiger partial charge in [0.15, 0.2) is 0 Å². The fourth-order valence-corrected chi connectivity index (χ4v) is 3.36. The van der Waals surface area contributed by atoms with Crippen LogP contribution in [0.4, 0.5) is 15.8 Å². The molecule has 29 heavy (non-hydrogen) atoms. The summed E-state index contributed by atoms with van der Waals surface area (Å²) < 4.78 is 18.2. The predicted molar refractivity (Wildman–Crippen MR) is 109 cm³/mol. The molecule has 0 atom stereocenters. The molecule has 1 N–H and O–H groups in total. The van der Waals surface area contributed by atoms with Crippen LogP contribution in [-0.2, 0) is 6.42 Å². The molecule has 0 fully saturated rings. The minimum absolute atomic E-state index is 0.103. The van der Waals surface area contributed by atoms with E-state index in [0.29, 0.717) is 29.1 Å². The molecule has 0 saturated heterocycles. The molecule has 5 nitrogen and oxygen atoms in total. The second kappa shape index (κ2) is 7.75. The molecule has 6 heteroatoms. The average molecular weight is 390 g/mol. The van der Waals surface area contributed by atoms with Crippen molar-refractivity contribution in [2.45, 2.75) is 6.42 Å². The smallest absolute Gasteiger partial charge is 0.258 e. The first-order valence-electron chi connectivity index (χ1n) is 9.21. The summed E-state index contributed by atoms with van der Waals surface area (Å²) in [7, 11) is 1.58. The van der Waals surface area contributed by atoms with Crippen LogP contribution in [0.5, 0.6) is 5.75 Å². The standard InChI is InChI=1S/C23H19FN2O3/c1-29-20-10-5-17(6-11-20)23(28)26-13-12-15-4-9-19(14-21(15)26)25-22(27)16-2-7-18(24)8-3-16/h2-11,14H,12-13H2,1H3,(H,25,27). The van der Waals surface area contributed by atoms with Crippen LogP contribution in [0.3, 0.4) is 0 Å². The van der Waals surface area contributed by atoms with E-state index >= 15 is 0 Å². The van der Waals surface area contributed by atoms with Crippen molar-refractivity contribution in [1.29, 1.82) is 0 Å². The molecule has 2 amide bonds. The number of hydrogen-bond donors (Lipinski definition) is 1. The minimum Gasteiger partial charge on any atom is -0.497 e. The molecule has 3 aromatic rings. The van der Waals surface area contributed by atoms with Crippen molar-refractivity contribution in [2.24, 2.45) is 0 Å². The Morgan fingerprint density at radius 1 is 0.966 bits per heavy atom. The molecule has 0 aliphatic carbocycles. The number of ether oxygens (including phenoxy) is 1. The van der Waals surface area contributed by atoms with Gasteiger partial charge in [-0.15, -0.1) is 0 Å². The van der Waals surface area contributed by atoms with Crippen LogP contribution in [0, 0.1) is 5.82 Å². The van der Waals surface area contributed by atoms with Gasteiger partial charge in [-0.1, -0.05) is 6.07 Å². The summed E-state index contributed by atoms with van der Waals surface area (Å²) in [5, 5.41) is 2.81. The quantitative estimate of drug-likeness (QED) is 0.723. The summed E-state index contributed by atoms with van der Waals surface area (Å²) >= 11 is 0. The third-order valence-electron chi connectivity index (χ3n) is 4.93. The van der Waals surface area contributed by atoms with Gasteiger partial charge in [-0.05, 0) is 72.6 Å². The van der Waals surface area contributed by atoms with Crippen LogP contribution in [0.25, 0.3) is 0 Å². The van der Waals surface area contributed by atoms with E-state index in [0.717, 1.165) is 17.7 Å². The van der Waals surface area contributed by atoms with Crippen LogP contribution >= 0.6 is 0 Å². The highest BCUT2D eigenvalue weighted by Gasteiger charge is 2.26. The Kier molecular flexibility index (Phi) is 4.99. The Bertz CT molecular complexity index is 1060. The SMILES string of the molecule is COc1ccc(C(=O)N2CCc3ccc(NC(=O)c4ccc(F)cc4)cc32)cc1. The second-order valence-electron chi connectivity index (χ2n) is 6.74. The molecule has 0 aromatic heterocycles. The zero-order valence-electron chi connectivity index (χ0n) is 15.8. The van der Waals surface area contributed by atoms with Gasteiger partial charge in [0.2, 0.25) is 0 Å². The summed E-state index contributed by atoms with van der Waals surface area (Å²) in [4.78, 5) is 27.1. The molecule has 1 heterocycles. The summed E-state index contributed by atoms with van der Waals surface area (Å²) in [6.45, 7) is 0.579. The fourth-order valence-electron chi connectivity index (χ4n) is 3.36. The van der Waals surface area contributed by atoms with Crippen LogP contribution in [-0.4, -0.2) is 25.5 Å². The molecule has 1 aliphatic rings. The van der Waals surface area contributed by atoms with E-state index in [4.69, 9.17) is 4.74 Å². The molecule has 0 spiro atoms. The van der Waals surface area contributed by atoms with Gasteiger partial charge in [0, 0.05) is 29.0 Å². The third kappa shape index (κ3) is 3.82. The molecule has 0 unspecified atom stereocenters. The molecule has 1 aliphatic heterocycles. The van der Waals surface area contributed by atoms with Crippen LogP contribution < -0.4 is 15.0 Å². The van der Waals surface area contributed by atoms with Crippen LogP contribution in [0.15, 0.2) is 66.7 Å². The molecule has 0 radical (unpaired) electrons. The van der Waals surface area contributed by atoms with E-state index < -0.39 is 5.82 Å². The van der Waals surface area contributed by atoms with Gasteiger partial charge in [0.25, 0.3) is 11.8 Å². The Balaban J connectivity index is 1.55. The van der Waals surface area contributed by atoms with Gasteiger partial charge in [-0.2, -0.15) is 0 Å². The number of carbonyl (C=O) groups excluding carboxylic acids is 2. The monoisotopic (exact) mass is 390 g/mol.